The van der Waals surface area contributed by atoms with E-state index in [0.29, 0.717) is 22.1 Å². The molecule has 0 aliphatic carbocycles. The van der Waals surface area contributed by atoms with Crippen LogP contribution in [-0.2, 0) is 0 Å². The van der Waals surface area contributed by atoms with Gasteiger partial charge in [-0.15, -0.1) is 11.3 Å². The van der Waals surface area contributed by atoms with Crippen molar-refractivity contribution in [2.45, 2.75) is 6.92 Å². The Morgan fingerprint density at radius 2 is 2.00 bits per heavy atom. The number of rotatable bonds is 3. The lowest BCUT2D eigenvalue weighted by atomic mass is 10.0. The smallest absolute Gasteiger partial charge is 0.127 e. The number of aryl methyl sites for hydroxylation is 1. The Kier molecular flexibility index (Phi) is 3.63. The minimum atomic E-state index is 0.494. The molecule has 0 spiro atoms. The van der Waals surface area contributed by atoms with Gasteiger partial charge in [0.2, 0.25) is 0 Å². The van der Waals surface area contributed by atoms with Gasteiger partial charge < -0.3 is 15.2 Å². The summed E-state index contributed by atoms with van der Waals surface area (Å²) < 4.78 is 10.6. The van der Waals surface area contributed by atoms with Crippen molar-refractivity contribution in [1.29, 1.82) is 5.26 Å². The number of hydrogen-bond acceptors (Lipinski definition) is 5. The van der Waals surface area contributed by atoms with E-state index in [1.165, 1.54) is 11.3 Å². The summed E-state index contributed by atoms with van der Waals surface area (Å²) in [7, 11) is 3.20. The molecule has 0 unspecified atom stereocenters. The van der Waals surface area contributed by atoms with Crippen molar-refractivity contribution in [3.63, 3.8) is 0 Å². The summed E-state index contributed by atoms with van der Waals surface area (Å²) in [6, 6.07) is 7.66. The van der Waals surface area contributed by atoms with Gasteiger partial charge in [-0.2, -0.15) is 5.26 Å². The highest BCUT2D eigenvalue weighted by Gasteiger charge is 2.19. The topological polar surface area (TPSA) is 68.3 Å². The first kappa shape index (κ1) is 13.2. The van der Waals surface area contributed by atoms with Gasteiger partial charge >= 0.3 is 0 Å². The average molecular weight is 274 g/mol. The van der Waals surface area contributed by atoms with Crippen LogP contribution in [0, 0.1) is 18.3 Å². The summed E-state index contributed by atoms with van der Waals surface area (Å²) in [4.78, 5) is 0.987. The molecule has 1 aromatic heterocycles. The Bertz CT molecular complexity index is 656. The van der Waals surface area contributed by atoms with Gasteiger partial charge in [0.25, 0.3) is 0 Å². The maximum absolute atomic E-state index is 9.27. The van der Waals surface area contributed by atoms with E-state index >= 15 is 0 Å². The maximum Gasteiger partial charge on any atom is 0.127 e. The fraction of sp³-hybridized carbons (Fsp3) is 0.214. The number of hydrogen-bond donors (Lipinski definition) is 1. The largest absolute Gasteiger partial charge is 0.497 e. The number of thiophene rings is 1. The number of nitrogens with two attached hydrogens (primary N) is 1. The van der Waals surface area contributed by atoms with Gasteiger partial charge in [-0.05, 0) is 25.1 Å². The summed E-state index contributed by atoms with van der Waals surface area (Å²) >= 11 is 1.41. The standard InChI is InChI=1S/C14H14N2O2S/c1-8-13(11(7-15)14(16)19-8)10-6-9(17-2)4-5-12(10)18-3/h4-6H,16H2,1-3H3. The predicted molar refractivity (Wildman–Crippen MR) is 76.7 cm³/mol. The predicted octanol–water partition coefficient (Wildman–Crippen LogP) is 3.19. The molecule has 0 radical (unpaired) electrons. The number of methoxy groups -OCH3 is 2. The number of nitriles is 1. The molecule has 0 bridgehead atoms. The van der Waals surface area contributed by atoms with E-state index in [4.69, 9.17) is 15.2 Å². The van der Waals surface area contributed by atoms with Crippen LogP contribution in [0.15, 0.2) is 18.2 Å². The molecule has 0 aliphatic rings. The zero-order valence-corrected chi connectivity index (χ0v) is 11.8. The van der Waals surface area contributed by atoms with E-state index in [1.807, 2.05) is 25.1 Å². The van der Waals surface area contributed by atoms with Crippen LogP contribution in [0.3, 0.4) is 0 Å². The number of anilines is 1. The van der Waals surface area contributed by atoms with Gasteiger partial charge in [-0.1, -0.05) is 0 Å². The van der Waals surface area contributed by atoms with Gasteiger partial charge in [-0.25, -0.2) is 0 Å². The van der Waals surface area contributed by atoms with E-state index in [-0.39, 0.29) is 0 Å². The fourth-order valence-corrected chi connectivity index (χ4v) is 2.90. The van der Waals surface area contributed by atoms with Gasteiger partial charge in [-0.3, -0.25) is 0 Å². The van der Waals surface area contributed by atoms with Gasteiger partial charge in [0, 0.05) is 16.0 Å². The Morgan fingerprint density at radius 3 is 2.58 bits per heavy atom. The molecule has 0 fully saturated rings. The zero-order valence-electron chi connectivity index (χ0n) is 11.0. The number of nitrogen functional groups attached to an aromatic ring is 1. The first-order chi connectivity index (χ1) is 9.12. The average Bonchev–Trinajstić information content (AvgIpc) is 2.71. The van der Waals surface area contributed by atoms with Gasteiger partial charge in [0.05, 0.1) is 19.8 Å². The number of ether oxygens (including phenoxy) is 2. The lowest BCUT2D eigenvalue weighted by molar-refractivity contribution is 0.404. The van der Waals surface area contributed by atoms with Crippen LogP contribution in [0.4, 0.5) is 5.00 Å². The van der Waals surface area contributed by atoms with Crippen LogP contribution in [0.2, 0.25) is 0 Å². The minimum Gasteiger partial charge on any atom is -0.497 e. The molecule has 1 heterocycles. The molecule has 1 aromatic carbocycles. The minimum absolute atomic E-state index is 0.494. The number of benzene rings is 1. The molecular weight excluding hydrogens is 260 g/mol. The van der Waals surface area contributed by atoms with E-state index in [9.17, 15) is 5.26 Å². The van der Waals surface area contributed by atoms with E-state index in [2.05, 4.69) is 6.07 Å². The monoisotopic (exact) mass is 274 g/mol. The van der Waals surface area contributed by atoms with Crippen molar-refractivity contribution in [1.82, 2.24) is 0 Å². The lowest BCUT2D eigenvalue weighted by Crippen LogP contribution is -1.92. The molecule has 98 valence electrons. The summed E-state index contributed by atoms with van der Waals surface area (Å²) in [5, 5.41) is 9.80. The lowest BCUT2D eigenvalue weighted by Gasteiger charge is -2.11. The molecule has 0 saturated carbocycles. The molecule has 4 nitrogen and oxygen atoms in total. The highest BCUT2D eigenvalue weighted by Crippen LogP contribution is 2.42. The Balaban J connectivity index is 2.74. The molecular formula is C14H14N2O2S. The van der Waals surface area contributed by atoms with Crippen molar-refractivity contribution in [3.8, 4) is 28.7 Å². The molecule has 2 rings (SSSR count). The Morgan fingerprint density at radius 1 is 1.26 bits per heavy atom. The molecule has 2 aromatic rings. The molecule has 5 heteroatoms. The second-order valence-corrected chi connectivity index (χ2v) is 5.21. The van der Waals surface area contributed by atoms with E-state index in [1.54, 1.807) is 14.2 Å². The van der Waals surface area contributed by atoms with Crippen LogP contribution >= 0.6 is 11.3 Å². The highest BCUT2D eigenvalue weighted by atomic mass is 32.1. The third kappa shape index (κ3) is 2.23. The van der Waals surface area contributed by atoms with Crippen LogP contribution in [0.5, 0.6) is 11.5 Å². The summed E-state index contributed by atoms with van der Waals surface area (Å²) in [6.45, 7) is 1.94. The maximum atomic E-state index is 9.27. The van der Waals surface area contributed by atoms with Crippen molar-refractivity contribution >= 4 is 16.3 Å². The van der Waals surface area contributed by atoms with Crippen LogP contribution in [0.1, 0.15) is 10.4 Å². The van der Waals surface area contributed by atoms with Gasteiger partial charge in [0.15, 0.2) is 0 Å². The number of nitrogens with zero attached hydrogens (tertiary/aromatic N) is 1. The second kappa shape index (κ2) is 5.21. The third-order valence-electron chi connectivity index (χ3n) is 2.90. The van der Waals surface area contributed by atoms with Crippen molar-refractivity contribution in [2.75, 3.05) is 20.0 Å². The van der Waals surface area contributed by atoms with Crippen molar-refractivity contribution in [2.24, 2.45) is 0 Å². The highest BCUT2D eigenvalue weighted by molar-refractivity contribution is 7.16. The SMILES string of the molecule is COc1ccc(OC)c(-c2c(C)sc(N)c2C#N)c1. The molecule has 0 saturated heterocycles. The van der Waals surface area contributed by atoms with Crippen LogP contribution in [0.25, 0.3) is 11.1 Å². The molecule has 19 heavy (non-hydrogen) atoms. The Labute approximate surface area is 116 Å². The Hall–Kier alpha value is -2.19. The molecule has 0 atom stereocenters. The van der Waals surface area contributed by atoms with Crippen LogP contribution < -0.4 is 15.2 Å². The molecule has 0 amide bonds. The third-order valence-corrected chi connectivity index (χ3v) is 3.83. The molecule has 2 N–H and O–H groups in total. The van der Waals surface area contributed by atoms with E-state index < -0.39 is 0 Å². The first-order valence-electron chi connectivity index (χ1n) is 5.63. The first-order valence-corrected chi connectivity index (χ1v) is 6.45. The fourth-order valence-electron chi connectivity index (χ4n) is 2.01. The summed E-state index contributed by atoms with van der Waals surface area (Å²) in [5.74, 6) is 1.40. The second-order valence-electron chi connectivity index (χ2n) is 3.95. The molecule has 0 aliphatic heterocycles. The summed E-state index contributed by atoms with van der Waals surface area (Å²) in [6.07, 6.45) is 0. The quantitative estimate of drug-likeness (QED) is 0.933. The van der Waals surface area contributed by atoms with Gasteiger partial charge in [0.1, 0.15) is 22.6 Å². The van der Waals surface area contributed by atoms with Crippen LogP contribution in [-0.4, -0.2) is 14.2 Å². The van der Waals surface area contributed by atoms with Crippen molar-refractivity contribution in [3.05, 3.63) is 28.6 Å². The summed E-state index contributed by atoms with van der Waals surface area (Å²) in [5.41, 5.74) is 8.01. The zero-order chi connectivity index (χ0) is 14.0. The van der Waals surface area contributed by atoms with E-state index in [0.717, 1.165) is 16.0 Å². The van der Waals surface area contributed by atoms with Crippen molar-refractivity contribution < 1.29 is 9.47 Å². The normalized spacial score (nSPS) is 10.0.